The SMILES string of the molecule is CN(Cc1nnc(-c2ccccc2)o1)C(=O)c1cccc2c1COC2. The molecule has 0 saturated carbocycles. The molecule has 3 aromatic rings. The molecule has 0 spiro atoms. The van der Waals surface area contributed by atoms with E-state index in [2.05, 4.69) is 10.2 Å². The summed E-state index contributed by atoms with van der Waals surface area (Å²) >= 11 is 0. The minimum atomic E-state index is -0.0817. The number of ether oxygens (including phenoxy) is 1. The van der Waals surface area contributed by atoms with Gasteiger partial charge in [-0.3, -0.25) is 4.79 Å². The second-order valence-corrected chi connectivity index (χ2v) is 5.96. The number of carbonyl (C=O) groups is 1. The fourth-order valence-electron chi connectivity index (χ4n) is 2.90. The summed E-state index contributed by atoms with van der Waals surface area (Å²) in [6, 6.07) is 15.3. The number of hydrogen-bond donors (Lipinski definition) is 0. The summed E-state index contributed by atoms with van der Waals surface area (Å²) < 4.78 is 11.1. The van der Waals surface area contributed by atoms with Gasteiger partial charge in [-0.1, -0.05) is 30.3 Å². The first-order valence-electron chi connectivity index (χ1n) is 8.04. The molecule has 25 heavy (non-hydrogen) atoms. The Bertz CT molecular complexity index is 905. The maximum Gasteiger partial charge on any atom is 0.254 e. The Labute approximate surface area is 145 Å². The van der Waals surface area contributed by atoms with Gasteiger partial charge in [0.25, 0.3) is 5.91 Å². The number of rotatable bonds is 4. The molecule has 6 heteroatoms. The molecule has 0 saturated heterocycles. The van der Waals surface area contributed by atoms with Crippen LogP contribution in [0.4, 0.5) is 0 Å². The van der Waals surface area contributed by atoms with Gasteiger partial charge in [-0.15, -0.1) is 10.2 Å². The number of amides is 1. The second kappa shape index (κ2) is 6.49. The van der Waals surface area contributed by atoms with E-state index in [1.54, 1.807) is 11.9 Å². The van der Waals surface area contributed by atoms with Gasteiger partial charge < -0.3 is 14.1 Å². The molecule has 0 fully saturated rings. The van der Waals surface area contributed by atoms with E-state index in [0.29, 0.717) is 30.6 Å². The number of nitrogens with zero attached hydrogens (tertiary/aromatic N) is 3. The van der Waals surface area contributed by atoms with Gasteiger partial charge in [0.1, 0.15) is 0 Å². The largest absolute Gasteiger partial charge is 0.419 e. The first-order chi connectivity index (χ1) is 12.2. The van der Waals surface area contributed by atoms with E-state index in [-0.39, 0.29) is 12.5 Å². The predicted octanol–water partition coefficient (Wildman–Crippen LogP) is 3.04. The fraction of sp³-hybridized carbons (Fsp3) is 0.211. The van der Waals surface area contributed by atoms with Gasteiger partial charge in [0, 0.05) is 18.2 Å². The molecular formula is C19H17N3O3. The molecule has 1 aromatic heterocycles. The van der Waals surface area contributed by atoms with Crippen LogP contribution in [0, 0.1) is 0 Å². The summed E-state index contributed by atoms with van der Waals surface area (Å²) in [6.07, 6.45) is 0. The van der Waals surface area contributed by atoms with E-state index >= 15 is 0 Å². The van der Waals surface area contributed by atoms with Crippen LogP contribution in [0.2, 0.25) is 0 Å². The van der Waals surface area contributed by atoms with Crippen LogP contribution in [0.5, 0.6) is 0 Å². The minimum Gasteiger partial charge on any atom is -0.419 e. The third-order valence-electron chi connectivity index (χ3n) is 4.21. The van der Waals surface area contributed by atoms with E-state index in [9.17, 15) is 4.79 Å². The lowest BCUT2D eigenvalue weighted by atomic mass is 10.0. The van der Waals surface area contributed by atoms with Gasteiger partial charge in [-0.2, -0.15) is 0 Å². The normalized spacial score (nSPS) is 12.8. The van der Waals surface area contributed by atoms with E-state index in [0.717, 1.165) is 16.7 Å². The summed E-state index contributed by atoms with van der Waals surface area (Å²) in [6.45, 7) is 1.29. The zero-order valence-corrected chi connectivity index (χ0v) is 13.8. The number of aromatic nitrogens is 2. The van der Waals surface area contributed by atoms with Crippen molar-refractivity contribution >= 4 is 5.91 Å². The molecule has 126 valence electrons. The number of fused-ring (bicyclic) bond motifs is 1. The summed E-state index contributed by atoms with van der Waals surface area (Å²) in [7, 11) is 1.73. The highest BCUT2D eigenvalue weighted by Gasteiger charge is 2.22. The van der Waals surface area contributed by atoms with Crippen LogP contribution in [0.3, 0.4) is 0 Å². The summed E-state index contributed by atoms with van der Waals surface area (Å²) in [5, 5.41) is 8.10. The molecule has 1 aliphatic heterocycles. The lowest BCUT2D eigenvalue weighted by Crippen LogP contribution is -2.27. The fourth-order valence-corrected chi connectivity index (χ4v) is 2.90. The van der Waals surface area contributed by atoms with E-state index < -0.39 is 0 Å². The lowest BCUT2D eigenvalue weighted by molar-refractivity contribution is 0.0768. The van der Waals surface area contributed by atoms with Gasteiger partial charge in [0.2, 0.25) is 11.8 Å². The highest BCUT2D eigenvalue weighted by molar-refractivity contribution is 5.95. The molecule has 0 atom stereocenters. The quantitative estimate of drug-likeness (QED) is 0.733. The monoisotopic (exact) mass is 335 g/mol. The number of benzene rings is 2. The van der Waals surface area contributed by atoms with Crippen LogP contribution >= 0.6 is 0 Å². The van der Waals surface area contributed by atoms with Crippen LogP contribution in [0.15, 0.2) is 52.9 Å². The van der Waals surface area contributed by atoms with Crippen molar-refractivity contribution in [2.45, 2.75) is 19.8 Å². The summed E-state index contributed by atoms with van der Waals surface area (Å²) in [5.41, 5.74) is 3.56. The molecule has 0 radical (unpaired) electrons. The van der Waals surface area contributed by atoms with Gasteiger partial charge >= 0.3 is 0 Å². The van der Waals surface area contributed by atoms with Gasteiger partial charge in [0.05, 0.1) is 19.8 Å². The molecule has 0 unspecified atom stereocenters. The van der Waals surface area contributed by atoms with Crippen molar-refractivity contribution in [2.24, 2.45) is 0 Å². The predicted molar refractivity (Wildman–Crippen MR) is 90.5 cm³/mol. The average molecular weight is 335 g/mol. The molecule has 0 bridgehead atoms. The first kappa shape index (κ1) is 15.5. The third-order valence-corrected chi connectivity index (χ3v) is 4.21. The van der Waals surface area contributed by atoms with Crippen molar-refractivity contribution in [1.29, 1.82) is 0 Å². The Kier molecular flexibility index (Phi) is 4.03. The molecule has 1 amide bonds. The van der Waals surface area contributed by atoms with Crippen molar-refractivity contribution in [3.63, 3.8) is 0 Å². The Morgan fingerprint density at radius 2 is 1.92 bits per heavy atom. The Hall–Kier alpha value is -2.99. The summed E-state index contributed by atoms with van der Waals surface area (Å²) in [4.78, 5) is 14.3. The zero-order valence-electron chi connectivity index (χ0n) is 13.8. The maximum absolute atomic E-state index is 12.8. The van der Waals surface area contributed by atoms with Gasteiger partial charge in [-0.05, 0) is 29.3 Å². The summed E-state index contributed by atoms with van der Waals surface area (Å²) in [5.74, 6) is 0.769. The molecule has 6 nitrogen and oxygen atoms in total. The standard InChI is InChI=1S/C19H17N3O3/c1-22(19(23)15-9-5-8-14-11-24-12-16(14)15)10-17-20-21-18(25-17)13-6-3-2-4-7-13/h2-9H,10-12H2,1H3. The first-order valence-corrected chi connectivity index (χ1v) is 8.04. The molecule has 2 heterocycles. The van der Waals surface area contributed by atoms with Crippen LogP contribution in [-0.4, -0.2) is 28.1 Å². The average Bonchev–Trinajstić information content (AvgIpc) is 3.30. The minimum absolute atomic E-state index is 0.0817. The van der Waals surface area contributed by atoms with Crippen LogP contribution in [0.25, 0.3) is 11.5 Å². The number of hydrogen-bond acceptors (Lipinski definition) is 5. The highest BCUT2D eigenvalue weighted by Crippen LogP contribution is 2.25. The topological polar surface area (TPSA) is 68.5 Å². The maximum atomic E-state index is 12.8. The van der Waals surface area contributed by atoms with E-state index in [1.807, 2.05) is 48.5 Å². The van der Waals surface area contributed by atoms with Crippen LogP contribution < -0.4 is 0 Å². The van der Waals surface area contributed by atoms with Crippen molar-refractivity contribution in [2.75, 3.05) is 7.05 Å². The van der Waals surface area contributed by atoms with Crippen molar-refractivity contribution < 1.29 is 13.9 Å². The molecule has 4 rings (SSSR count). The van der Waals surface area contributed by atoms with Gasteiger partial charge in [-0.25, -0.2) is 0 Å². The highest BCUT2D eigenvalue weighted by atomic mass is 16.5. The van der Waals surface area contributed by atoms with Gasteiger partial charge in [0.15, 0.2) is 0 Å². The zero-order chi connectivity index (χ0) is 17.2. The smallest absolute Gasteiger partial charge is 0.254 e. The Morgan fingerprint density at radius 3 is 2.76 bits per heavy atom. The molecule has 2 aromatic carbocycles. The lowest BCUT2D eigenvalue weighted by Gasteiger charge is -2.16. The van der Waals surface area contributed by atoms with Crippen LogP contribution in [-0.2, 0) is 24.5 Å². The van der Waals surface area contributed by atoms with E-state index in [4.69, 9.17) is 9.15 Å². The second-order valence-electron chi connectivity index (χ2n) is 5.96. The van der Waals surface area contributed by atoms with Crippen molar-refractivity contribution in [3.05, 3.63) is 71.1 Å². The van der Waals surface area contributed by atoms with Crippen molar-refractivity contribution in [3.8, 4) is 11.5 Å². The molecule has 0 N–H and O–H groups in total. The third kappa shape index (κ3) is 3.04. The van der Waals surface area contributed by atoms with Crippen molar-refractivity contribution in [1.82, 2.24) is 15.1 Å². The Balaban J connectivity index is 1.51. The molecule has 0 aliphatic carbocycles. The van der Waals surface area contributed by atoms with E-state index in [1.165, 1.54) is 0 Å². The molecular weight excluding hydrogens is 318 g/mol. The van der Waals surface area contributed by atoms with Crippen LogP contribution in [0.1, 0.15) is 27.4 Å². The Morgan fingerprint density at radius 1 is 1.08 bits per heavy atom. The molecule has 1 aliphatic rings. The number of carbonyl (C=O) groups excluding carboxylic acids is 1.